The zero-order chi connectivity index (χ0) is 21.5. The molecule has 1 aromatic carbocycles. The van der Waals surface area contributed by atoms with Gasteiger partial charge < -0.3 is 24.3 Å². The maximum atomic E-state index is 12.8. The number of fused-ring (bicyclic) bond motifs is 1. The lowest BCUT2D eigenvalue weighted by Crippen LogP contribution is -2.46. The fourth-order valence-corrected chi connectivity index (χ4v) is 3.69. The van der Waals surface area contributed by atoms with Gasteiger partial charge in [-0.25, -0.2) is 4.79 Å². The molecule has 1 aromatic heterocycles. The van der Waals surface area contributed by atoms with E-state index in [1.54, 1.807) is 24.6 Å². The van der Waals surface area contributed by atoms with Gasteiger partial charge in [0.25, 0.3) is 0 Å². The number of hydrogen-bond acceptors (Lipinski definition) is 6. The molecule has 7 nitrogen and oxygen atoms in total. The van der Waals surface area contributed by atoms with E-state index in [1.165, 1.54) is 6.07 Å². The second kappa shape index (κ2) is 7.46. The van der Waals surface area contributed by atoms with E-state index in [4.69, 9.17) is 9.47 Å². The third-order valence-electron chi connectivity index (χ3n) is 5.93. The minimum Gasteiger partial charge on any atom is -0.507 e. The number of rotatable bonds is 4. The predicted molar refractivity (Wildman–Crippen MR) is 108 cm³/mol. The Balaban J connectivity index is 1.73. The Morgan fingerprint density at radius 1 is 1.17 bits per heavy atom. The number of esters is 1. The van der Waals surface area contributed by atoms with Gasteiger partial charge in [-0.15, -0.1) is 0 Å². The quantitative estimate of drug-likeness (QED) is 0.765. The van der Waals surface area contributed by atoms with Crippen molar-refractivity contribution < 1.29 is 24.5 Å². The van der Waals surface area contributed by atoms with Gasteiger partial charge in [0.1, 0.15) is 18.1 Å². The van der Waals surface area contributed by atoms with E-state index < -0.39 is 17.0 Å². The molecular weight excluding hydrogens is 374 g/mol. The number of benzene rings is 1. The van der Waals surface area contributed by atoms with Gasteiger partial charge >= 0.3 is 5.97 Å². The van der Waals surface area contributed by atoms with Crippen molar-refractivity contribution in [2.24, 2.45) is 0 Å². The first-order valence-electron chi connectivity index (χ1n) is 9.63. The Morgan fingerprint density at radius 2 is 1.86 bits per heavy atom. The number of nitrogens with zero attached hydrogens (tertiary/aromatic N) is 1. The van der Waals surface area contributed by atoms with Crippen molar-refractivity contribution >= 4 is 5.97 Å². The van der Waals surface area contributed by atoms with E-state index in [9.17, 15) is 19.8 Å². The van der Waals surface area contributed by atoms with Crippen LogP contribution in [0.15, 0.2) is 17.1 Å². The van der Waals surface area contributed by atoms with Crippen LogP contribution >= 0.6 is 0 Å². The fraction of sp³-hybridized carbons (Fsp3) is 0.455. The number of phenolic OH excluding ortho intramolecular Hbond substituents is 1. The molecule has 0 saturated carbocycles. The summed E-state index contributed by atoms with van der Waals surface area (Å²) in [6.07, 6.45) is 2.61. The molecular formula is C22H27NO6. The number of aromatic hydroxyl groups is 2. The monoisotopic (exact) mass is 401 g/mol. The van der Waals surface area contributed by atoms with Crippen molar-refractivity contribution in [1.29, 1.82) is 0 Å². The summed E-state index contributed by atoms with van der Waals surface area (Å²) in [6.45, 7) is 9.29. The van der Waals surface area contributed by atoms with Crippen molar-refractivity contribution in [3.05, 3.63) is 50.4 Å². The highest BCUT2D eigenvalue weighted by atomic mass is 16.6. The van der Waals surface area contributed by atoms with E-state index in [2.05, 4.69) is 0 Å². The van der Waals surface area contributed by atoms with Gasteiger partial charge in [0.2, 0.25) is 11.0 Å². The van der Waals surface area contributed by atoms with Crippen LogP contribution in [0.1, 0.15) is 41.3 Å². The van der Waals surface area contributed by atoms with Crippen LogP contribution in [0.2, 0.25) is 0 Å². The van der Waals surface area contributed by atoms with Crippen LogP contribution in [-0.4, -0.2) is 33.0 Å². The third-order valence-corrected chi connectivity index (χ3v) is 5.93. The second-order valence-electron chi connectivity index (χ2n) is 7.81. The average Bonchev–Trinajstić information content (AvgIpc) is 2.70. The maximum absolute atomic E-state index is 12.8. The lowest BCUT2D eigenvalue weighted by molar-refractivity contribution is -0.162. The first-order chi connectivity index (χ1) is 13.6. The number of pyridine rings is 1. The van der Waals surface area contributed by atoms with Crippen LogP contribution in [0, 0.1) is 27.7 Å². The molecule has 3 rings (SSSR count). The zero-order valence-electron chi connectivity index (χ0n) is 17.5. The average molecular weight is 401 g/mol. The maximum Gasteiger partial charge on any atom is 0.350 e. The molecule has 1 aliphatic rings. The van der Waals surface area contributed by atoms with Crippen LogP contribution in [0.3, 0.4) is 0 Å². The minimum absolute atomic E-state index is 0.0837. The molecule has 0 radical (unpaired) electrons. The van der Waals surface area contributed by atoms with Crippen molar-refractivity contribution in [1.82, 2.24) is 4.57 Å². The summed E-state index contributed by atoms with van der Waals surface area (Å²) in [5, 5.41) is 20.0. The Bertz CT molecular complexity index is 1040. The fourth-order valence-electron chi connectivity index (χ4n) is 3.69. The number of hydrogen-bond donors (Lipinski definition) is 2. The Morgan fingerprint density at radius 3 is 2.55 bits per heavy atom. The molecule has 156 valence electrons. The molecule has 0 bridgehead atoms. The second-order valence-corrected chi connectivity index (χ2v) is 7.81. The summed E-state index contributed by atoms with van der Waals surface area (Å²) in [6, 6.07) is 1.27. The molecule has 1 unspecified atom stereocenters. The minimum atomic E-state index is -1.12. The molecule has 0 aliphatic carbocycles. The van der Waals surface area contributed by atoms with Gasteiger partial charge in [-0.2, -0.15) is 0 Å². The zero-order valence-corrected chi connectivity index (χ0v) is 17.5. The van der Waals surface area contributed by atoms with E-state index in [0.717, 1.165) is 22.3 Å². The summed E-state index contributed by atoms with van der Waals surface area (Å²) in [7, 11) is 0. The molecule has 0 spiro atoms. The molecule has 29 heavy (non-hydrogen) atoms. The van der Waals surface area contributed by atoms with E-state index in [-0.39, 0.29) is 18.1 Å². The Hall–Kier alpha value is -2.96. The van der Waals surface area contributed by atoms with Gasteiger partial charge in [0.15, 0.2) is 5.75 Å². The number of aromatic nitrogens is 1. The van der Waals surface area contributed by atoms with E-state index in [0.29, 0.717) is 30.8 Å². The standard InChI is InChI=1S/C22H27NO6/c1-12-13(2)20-16(14(3)18(12)25)6-8-22(5,29-20)21(27)28-11-10-23-9-7-17(24)19(26)15(23)4/h7,9,25-26H,6,8,10-11H2,1-5H3. The summed E-state index contributed by atoms with van der Waals surface area (Å²) >= 11 is 0. The summed E-state index contributed by atoms with van der Waals surface area (Å²) < 4.78 is 13.2. The lowest BCUT2D eigenvalue weighted by Gasteiger charge is -2.36. The first kappa shape index (κ1) is 20.8. The highest BCUT2D eigenvalue weighted by Crippen LogP contribution is 2.43. The van der Waals surface area contributed by atoms with E-state index >= 15 is 0 Å². The summed E-state index contributed by atoms with van der Waals surface area (Å²) in [5.74, 6) is 0.150. The number of carbonyl (C=O) groups is 1. The molecule has 2 aromatic rings. The Labute approximate surface area is 169 Å². The SMILES string of the molecule is Cc1c(C)c2c(c(C)c1O)CCC(C)(C(=O)OCCn1ccc(=O)c(O)c1C)O2. The Kier molecular flexibility index (Phi) is 5.34. The number of carbonyl (C=O) groups excluding carboxylic acids is 1. The van der Waals surface area contributed by atoms with Crippen molar-refractivity contribution in [3.8, 4) is 17.2 Å². The third kappa shape index (κ3) is 3.57. The van der Waals surface area contributed by atoms with Gasteiger partial charge in [-0.05, 0) is 57.7 Å². The molecule has 1 atom stereocenters. The number of phenols is 1. The van der Waals surface area contributed by atoms with Gasteiger partial charge in [-0.1, -0.05) is 0 Å². The molecule has 2 N–H and O–H groups in total. The van der Waals surface area contributed by atoms with Crippen LogP contribution in [-0.2, 0) is 22.5 Å². The molecule has 0 saturated heterocycles. The highest BCUT2D eigenvalue weighted by Gasteiger charge is 2.42. The molecule has 2 heterocycles. The van der Waals surface area contributed by atoms with Crippen LogP contribution in [0.5, 0.6) is 17.2 Å². The van der Waals surface area contributed by atoms with Crippen molar-refractivity contribution in [3.63, 3.8) is 0 Å². The van der Waals surface area contributed by atoms with Crippen LogP contribution in [0.4, 0.5) is 0 Å². The van der Waals surface area contributed by atoms with Crippen LogP contribution in [0.25, 0.3) is 0 Å². The highest BCUT2D eigenvalue weighted by molar-refractivity contribution is 5.80. The van der Waals surface area contributed by atoms with Gasteiger partial charge in [0.05, 0.1) is 12.2 Å². The van der Waals surface area contributed by atoms with Gasteiger partial charge in [-0.3, -0.25) is 4.79 Å². The number of ether oxygens (including phenoxy) is 2. The normalized spacial score (nSPS) is 18.1. The lowest BCUT2D eigenvalue weighted by atomic mass is 9.87. The molecule has 7 heteroatoms. The van der Waals surface area contributed by atoms with Crippen molar-refractivity contribution in [2.75, 3.05) is 6.61 Å². The molecule has 0 amide bonds. The largest absolute Gasteiger partial charge is 0.507 e. The summed E-state index contributed by atoms with van der Waals surface area (Å²) in [5.41, 5.74) is 2.14. The topological polar surface area (TPSA) is 98.0 Å². The predicted octanol–water partition coefficient (Wildman–Crippen LogP) is 2.82. The molecule has 0 fully saturated rings. The van der Waals surface area contributed by atoms with Crippen molar-refractivity contribution in [2.45, 2.75) is 59.6 Å². The first-order valence-corrected chi connectivity index (χ1v) is 9.63. The van der Waals surface area contributed by atoms with Gasteiger partial charge in [0, 0.05) is 24.2 Å². The molecule has 1 aliphatic heterocycles. The summed E-state index contributed by atoms with van der Waals surface area (Å²) in [4.78, 5) is 24.2. The smallest absolute Gasteiger partial charge is 0.350 e. The van der Waals surface area contributed by atoms with E-state index in [1.807, 2.05) is 20.8 Å². The van der Waals surface area contributed by atoms with Crippen LogP contribution < -0.4 is 10.2 Å².